The zero-order chi connectivity index (χ0) is 13.9. The van der Waals surface area contributed by atoms with Gasteiger partial charge in [0.05, 0.1) is 6.07 Å². The molecule has 2 aromatic heterocycles. The van der Waals surface area contributed by atoms with E-state index in [1.807, 2.05) is 6.07 Å². The topological polar surface area (TPSA) is 76.0 Å². The Morgan fingerprint density at radius 1 is 1.40 bits per heavy atom. The van der Waals surface area contributed by atoms with Gasteiger partial charge in [-0.05, 0) is 12.8 Å². The van der Waals surface area contributed by atoms with Crippen molar-refractivity contribution in [2.75, 3.05) is 0 Å². The molecule has 20 heavy (non-hydrogen) atoms. The largest absolute Gasteiger partial charge is 0.351 e. The minimum Gasteiger partial charge on any atom is -0.246 e. The summed E-state index contributed by atoms with van der Waals surface area (Å²) in [4.78, 5) is 16.4. The summed E-state index contributed by atoms with van der Waals surface area (Å²) in [6.45, 7) is -0.0337. The lowest BCUT2D eigenvalue weighted by atomic mass is 10.0. The molecular formula is C13H15N5OS. The van der Waals surface area contributed by atoms with Crippen molar-refractivity contribution in [1.29, 1.82) is 5.26 Å². The van der Waals surface area contributed by atoms with Gasteiger partial charge in [-0.1, -0.05) is 31.0 Å². The maximum atomic E-state index is 12.0. The van der Waals surface area contributed by atoms with E-state index in [4.69, 9.17) is 5.26 Å². The van der Waals surface area contributed by atoms with Gasteiger partial charge in [-0.25, -0.2) is 14.2 Å². The van der Waals surface area contributed by atoms with E-state index in [0.29, 0.717) is 10.9 Å². The van der Waals surface area contributed by atoms with Crippen LogP contribution in [0.4, 0.5) is 0 Å². The lowest BCUT2D eigenvalue weighted by Crippen LogP contribution is -2.20. The number of rotatable bonds is 3. The van der Waals surface area contributed by atoms with Crippen molar-refractivity contribution in [3.05, 3.63) is 22.9 Å². The van der Waals surface area contributed by atoms with Gasteiger partial charge < -0.3 is 0 Å². The lowest BCUT2D eigenvalue weighted by Gasteiger charge is -2.20. The summed E-state index contributed by atoms with van der Waals surface area (Å²) in [6, 6.07) is 1.95. The zero-order valence-electron chi connectivity index (χ0n) is 11.0. The first-order valence-electron chi connectivity index (χ1n) is 6.77. The van der Waals surface area contributed by atoms with Gasteiger partial charge in [0.15, 0.2) is 5.65 Å². The molecule has 0 radical (unpaired) electrons. The maximum absolute atomic E-state index is 12.0. The highest BCUT2D eigenvalue weighted by Crippen LogP contribution is 2.33. The van der Waals surface area contributed by atoms with Gasteiger partial charge in [0, 0.05) is 17.6 Å². The summed E-state index contributed by atoms with van der Waals surface area (Å²) < 4.78 is 2.65. The van der Waals surface area contributed by atoms with E-state index in [1.54, 1.807) is 24.2 Å². The molecule has 0 unspecified atom stereocenters. The van der Waals surface area contributed by atoms with Gasteiger partial charge in [0.25, 0.3) is 0 Å². The zero-order valence-corrected chi connectivity index (χ0v) is 11.8. The Bertz CT molecular complexity index is 708. The molecule has 0 atom stereocenters. The van der Waals surface area contributed by atoms with E-state index < -0.39 is 0 Å². The van der Waals surface area contributed by atoms with Crippen molar-refractivity contribution in [3.8, 4) is 6.07 Å². The molecule has 0 saturated heterocycles. The molecule has 0 amide bonds. The van der Waals surface area contributed by atoms with Crippen LogP contribution in [0.25, 0.3) is 5.65 Å². The van der Waals surface area contributed by atoms with E-state index >= 15 is 0 Å². The minimum absolute atomic E-state index is 0.0337. The second-order valence-corrected chi connectivity index (χ2v) is 6.19. The van der Waals surface area contributed by atoms with E-state index in [0.717, 1.165) is 5.03 Å². The second kappa shape index (κ2) is 5.67. The molecule has 0 aromatic carbocycles. The highest BCUT2D eigenvalue weighted by molar-refractivity contribution is 8.00. The molecular weight excluding hydrogens is 274 g/mol. The molecule has 104 valence electrons. The van der Waals surface area contributed by atoms with Crippen molar-refractivity contribution in [3.63, 3.8) is 0 Å². The molecule has 6 nitrogen and oxygen atoms in total. The Morgan fingerprint density at radius 2 is 2.20 bits per heavy atom. The fraction of sp³-hybridized carbons (Fsp3) is 0.538. The summed E-state index contributed by atoms with van der Waals surface area (Å²) in [6.07, 6.45) is 9.44. The fourth-order valence-electron chi connectivity index (χ4n) is 2.52. The highest BCUT2D eigenvalue weighted by atomic mass is 32.2. The number of fused-ring (bicyclic) bond motifs is 1. The predicted octanol–water partition coefficient (Wildman–Crippen LogP) is 1.84. The first kappa shape index (κ1) is 13.2. The molecule has 2 heterocycles. The Hall–Kier alpha value is -1.81. The van der Waals surface area contributed by atoms with Crippen LogP contribution in [0.2, 0.25) is 0 Å². The SMILES string of the molecule is N#CCn1nc2c(SC3CCCCC3)nccn2c1=O. The summed E-state index contributed by atoms with van der Waals surface area (Å²) in [5, 5.41) is 14.3. The van der Waals surface area contributed by atoms with Crippen molar-refractivity contribution >= 4 is 17.4 Å². The molecule has 1 aliphatic carbocycles. The number of aromatic nitrogens is 4. The molecule has 0 bridgehead atoms. The van der Waals surface area contributed by atoms with Crippen molar-refractivity contribution in [1.82, 2.24) is 19.2 Å². The average Bonchev–Trinajstić information content (AvgIpc) is 2.79. The molecule has 7 heteroatoms. The van der Waals surface area contributed by atoms with Crippen molar-refractivity contribution < 1.29 is 0 Å². The Balaban J connectivity index is 1.96. The number of nitrogens with zero attached hydrogens (tertiary/aromatic N) is 5. The minimum atomic E-state index is -0.283. The van der Waals surface area contributed by atoms with Crippen LogP contribution in [0.15, 0.2) is 22.2 Å². The summed E-state index contributed by atoms with van der Waals surface area (Å²) in [7, 11) is 0. The first-order valence-corrected chi connectivity index (χ1v) is 7.65. The number of hydrogen-bond acceptors (Lipinski definition) is 5. The van der Waals surface area contributed by atoms with E-state index in [2.05, 4.69) is 10.1 Å². The maximum Gasteiger partial charge on any atom is 0.351 e. The molecule has 0 aliphatic heterocycles. The Labute approximate surface area is 120 Å². The highest BCUT2D eigenvalue weighted by Gasteiger charge is 2.19. The molecule has 0 N–H and O–H groups in total. The van der Waals surface area contributed by atoms with Crippen LogP contribution >= 0.6 is 11.8 Å². The van der Waals surface area contributed by atoms with Crippen molar-refractivity contribution in [2.45, 2.75) is 48.9 Å². The normalized spacial score (nSPS) is 16.4. The number of hydrogen-bond donors (Lipinski definition) is 0. The Morgan fingerprint density at radius 3 is 2.95 bits per heavy atom. The quantitative estimate of drug-likeness (QED) is 0.861. The number of thioether (sulfide) groups is 1. The lowest BCUT2D eigenvalue weighted by molar-refractivity contribution is 0.516. The van der Waals surface area contributed by atoms with Crippen LogP contribution in [-0.4, -0.2) is 24.4 Å². The molecule has 3 rings (SSSR count). The average molecular weight is 289 g/mol. The van der Waals surface area contributed by atoms with E-state index in [-0.39, 0.29) is 12.2 Å². The summed E-state index contributed by atoms with van der Waals surface area (Å²) in [5.74, 6) is 0. The molecule has 1 fully saturated rings. The third kappa shape index (κ3) is 2.43. The van der Waals surface area contributed by atoms with Crippen LogP contribution in [0.5, 0.6) is 0 Å². The molecule has 1 aliphatic rings. The smallest absolute Gasteiger partial charge is 0.246 e. The third-order valence-electron chi connectivity index (χ3n) is 3.52. The fourth-order valence-corrected chi connectivity index (χ4v) is 3.77. The number of nitriles is 1. The first-order chi connectivity index (χ1) is 9.79. The third-order valence-corrected chi connectivity index (χ3v) is 4.84. The van der Waals surface area contributed by atoms with Crippen LogP contribution in [0, 0.1) is 11.3 Å². The summed E-state index contributed by atoms with van der Waals surface area (Å²) in [5.41, 5.74) is 0.276. The second-order valence-electron chi connectivity index (χ2n) is 4.90. The van der Waals surface area contributed by atoms with Gasteiger partial charge in [-0.2, -0.15) is 9.94 Å². The Kier molecular flexibility index (Phi) is 3.74. The molecule has 0 spiro atoms. The van der Waals surface area contributed by atoms with E-state index in [1.165, 1.54) is 41.2 Å². The van der Waals surface area contributed by atoms with E-state index in [9.17, 15) is 4.79 Å². The molecule has 2 aromatic rings. The van der Waals surface area contributed by atoms with Gasteiger partial charge in [0.2, 0.25) is 0 Å². The van der Waals surface area contributed by atoms with Crippen LogP contribution in [0.3, 0.4) is 0 Å². The van der Waals surface area contributed by atoms with Crippen LogP contribution in [0.1, 0.15) is 32.1 Å². The van der Waals surface area contributed by atoms with Crippen molar-refractivity contribution in [2.24, 2.45) is 0 Å². The molecule has 1 saturated carbocycles. The van der Waals surface area contributed by atoms with Crippen LogP contribution < -0.4 is 5.69 Å². The monoisotopic (exact) mass is 289 g/mol. The standard InChI is InChI=1S/C13H15N5OS/c14-6-8-18-13(19)17-9-7-15-12(11(17)16-18)20-10-4-2-1-3-5-10/h7,9-10H,1-5,8H2. The van der Waals surface area contributed by atoms with Gasteiger partial charge in [-0.15, -0.1) is 5.10 Å². The van der Waals surface area contributed by atoms with Gasteiger partial charge in [0.1, 0.15) is 11.6 Å². The van der Waals surface area contributed by atoms with Crippen LogP contribution in [-0.2, 0) is 6.54 Å². The summed E-state index contributed by atoms with van der Waals surface area (Å²) >= 11 is 1.70. The van der Waals surface area contributed by atoms with Gasteiger partial charge >= 0.3 is 5.69 Å². The predicted molar refractivity (Wildman–Crippen MR) is 75.6 cm³/mol. The van der Waals surface area contributed by atoms with Gasteiger partial charge in [-0.3, -0.25) is 0 Å².